The second-order valence-corrected chi connectivity index (χ2v) is 4.70. The van der Waals surface area contributed by atoms with Gasteiger partial charge >= 0.3 is 5.97 Å². The second kappa shape index (κ2) is 5.46. The Labute approximate surface area is 78.7 Å². The number of hydrogen-bond donors (Lipinski definition) is 1. The van der Waals surface area contributed by atoms with Gasteiger partial charge in [0.1, 0.15) is 0 Å². The molecular weight excluding hydrogens is 172 g/mol. The van der Waals surface area contributed by atoms with E-state index in [9.17, 15) is 4.79 Å². The summed E-state index contributed by atoms with van der Waals surface area (Å²) in [7, 11) is 0. The van der Waals surface area contributed by atoms with Crippen molar-refractivity contribution >= 4 is 17.7 Å². The summed E-state index contributed by atoms with van der Waals surface area (Å²) in [5.74, 6) is 1.08. The lowest BCUT2D eigenvalue weighted by atomic mass is 9.97. The molecular formula is C9H18O2S. The number of aliphatic carboxylic acids is 1. The van der Waals surface area contributed by atoms with E-state index < -0.39 is 11.4 Å². The van der Waals surface area contributed by atoms with E-state index in [0.717, 1.165) is 5.75 Å². The van der Waals surface area contributed by atoms with Crippen molar-refractivity contribution in [3.8, 4) is 0 Å². The number of carboxylic acids is 1. The zero-order chi connectivity index (χ0) is 9.61. The average Bonchev–Trinajstić information content (AvgIpc) is 1.98. The van der Waals surface area contributed by atoms with Gasteiger partial charge in [0, 0.05) is 5.75 Å². The molecule has 0 rings (SSSR count). The Kier molecular flexibility index (Phi) is 5.38. The molecule has 0 amide bonds. The van der Waals surface area contributed by atoms with Gasteiger partial charge in [0.05, 0.1) is 5.41 Å². The summed E-state index contributed by atoms with van der Waals surface area (Å²) in [4.78, 5) is 10.7. The summed E-state index contributed by atoms with van der Waals surface area (Å²) < 4.78 is 0. The Hall–Kier alpha value is -0.180. The van der Waals surface area contributed by atoms with Gasteiger partial charge in [-0.25, -0.2) is 0 Å². The van der Waals surface area contributed by atoms with Crippen LogP contribution in [0.4, 0.5) is 0 Å². The van der Waals surface area contributed by atoms with Gasteiger partial charge in [-0.1, -0.05) is 13.3 Å². The Bertz CT molecular complexity index is 143. The summed E-state index contributed by atoms with van der Waals surface area (Å²) in [6.45, 7) is 5.69. The molecule has 2 nitrogen and oxygen atoms in total. The van der Waals surface area contributed by atoms with E-state index in [-0.39, 0.29) is 0 Å². The van der Waals surface area contributed by atoms with Crippen LogP contribution in [0.25, 0.3) is 0 Å². The lowest BCUT2D eigenvalue weighted by Gasteiger charge is -2.17. The van der Waals surface area contributed by atoms with Crippen LogP contribution in [0.3, 0.4) is 0 Å². The zero-order valence-electron chi connectivity index (χ0n) is 8.09. The average molecular weight is 190 g/mol. The fourth-order valence-corrected chi connectivity index (χ4v) is 1.91. The van der Waals surface area contributed by atoms with Crippen molar-refractivity contribution in [1.29, 1.82) is 0 Å². The highest BCUT2D eigenvalue weighted by Gasteiger charge is 2.26. The van der Waals surface area contributed by atoms with Crippen LogP contribution in [0.1, 0.15) is 33.6 Å². The van der Waals surface area contributed by atoms with Crippen molar-refractivity contribution in [2.24, 2.45) is 5.41 Å². The van der Waals surface area contributed by atoms with Gasteiger partial charge in [-0.05, 0) is 26.0 Å². The van der Waals surface area contributed by atoms with Gasteiger partial charge in [0.15, 0.2) is 0 Å². The van der Waals surface area contributed by atoms with Crippen LogP contribution in [0.2, 0.25) is 0 Å². The molecule has 12 heavy (non-hydrogen) atoms. The summed E-state index contributed by atoms with van der Waals surface area (Å²) in [6, 6.07) is 0. The van der Waals surface area contributed by atoms with Crippen molar-refractivity contribution in [2.45, 2.75) is 33.6 Å². The molecule has 0 heterocycles. The van der Waals surface area contributed by atoms with Gasteiger partial charge in [0.2, 0.25) is 0 Å². The van der Waals surface area contributed by atoms with Gasteiger partial charge < -0.3 is 5.11 Å². The van der Waals surface area contributed by atoms with Crippen molar-refractivity contribution < 1.29 is 9.90 Å². The van der Waals surface area contributed by atoms with Gasteiger partial charge in [0.25, 0.3) is 0 Å². The number of hydrogen-bond acceptors (Lipinski definition) is 2. The highest BCUT2D eigenvalue weighted by Crippen LogP contribution is 2.22. The monoisotopic (exact) mass is 190 g/mol. The van der Waals surface area contributed by atoms with E-state index in [1.807, 2.05) is 0 Å². The van der Waals surface area contributed by atoms with Crippen molar-refractivity contribution in [3.63, 3.8) is 0 Å². The van der Waals surface area contributed by atoms with Crippen molar-refractivity contribution in [3.05, 3.63) is 0 Å². The third-order valence-corrected chi connectivity index (χ3v) is 3.19. The third-order valence-electron chi connectivity index (χ3n) is 1.68. The first-order chi connectivity index (χ1) is 5.50. The number of unbranched alkanes of at least 4 members (excludes halogenated alkanes) is 1. The molecule has 72 valence electrons. The van der Waals surface area contributed by atoms with Crippen LogP contribution in [0.5, 0.6) is 0 Å². The Morgan fingerprint density at radius 1 is 1.50 bits per heavy atom. The van der Waals surface area contributed by atoms with Crippen LogP contribution in [-0.4, -0.2) is 22.6 Å². The molecule has 0 aromatic heterocycles. The van der Waals surface area contributed by atoms with E-state index in [1.165, 1.54) is 12.8 Å². The minimum Gasteiger partial charge on any atom is -0.481 e. The molecule has 0 aromatic rings. The summed E-state index contributed by atoms with van der Waals surface area (Å²) in [6.07, 6.45) is 2.36. The smallest absolute Gasteiger partial charge is 0.309 e. The number of thioether (sulfide) groups is 1. The van der Waals surface area contributed by atoms with Crippen LogP contribution < -0.4 is 0 Å². The molecule has 0 aliphatic rings. The highest BCUT2D eigenvalue weighted by molar-refractivity contribution is 7.99. The maximum Gasteiger partial charge on any atom is 0.309 e. The van der Waals surface area contributed by atoms with Crippen LogP contribution >= 0.6 is 11.8 Å². The van der Waals surface area contributed by atoms with Crippen molar-refractivity contribution in [2.75, 3.05) is 11.5 Å². The van der Waals surface area contributed by atoms with Gasteiger partial charge in [-0.15, -0.1) is 0 Å². The van der Waals surface area contributed by atoms with E-state index in [0.29, 0.717) is 5.75 Å². The van der Waals surface area contributed by atoms with E-state index in [1.54, 1.807) is 25.6 Å². The molecule has 1 N–H and O–H groups in total. The molecule has 0 fully saturated rings. The molecule has 0 aromatic carbocycles. The molecule has 0 radical (unpaired) electrons. The fraction of sp³-hybridized carbons (Fsp3) is 0.889. The summed E-state index contributed by atoms with van der Waals surface area (Å²) in [5, 5.41) is 8.78. The number of carboxylic acid groups (broad SMARTS) is 1. The lowest BCUT2D eigenvalue weighted by molar-refractivity contribution is -0.145. The maximum atomic E-state index is 10.7. The van der Waals surface area contributed by atoms with E-state index >= 15 is 0 Å². The van der Waals surface area contributed by atoms with E-state index in [4.69, 9.17) is 5.11 Å². The van der Waals surface area contributed by atoms with Crippen LogP contribution in [0.15, 0.2) is 0 Å². The minimum atomic E-state index is -0.702. The molecule has 0 atom stereocenters. The first-order valence-electron chi connectivity index (χ1n) is 4.32. The lowest BCUT2D eigenvalue weighted by Crippen LogP contribution is -2.26. The van der Waals surface area contributed by atoms with Crippen LogP contribution in [0, 0.1) is 5.41 Å². The van der Waals surface area contributed by atoms with Crippen molar-refractivity contribution in [1.82, 2.24) is 0 Å². The quantitative estimate of drug-likeness (QED) is 0.654. The Morgan fingerprint density at radius 2 is 2.08 bits per heavy atom. The first-order valence-corrected chi connectivity index (χ1v) is 5.47. The molecule has 0 aliphatic carbocycles. The van der Waals surface area contributed by atoms with Crippen LogP contribution in [-0.2, 0) is 4.79 Å². The molecule has 0 saturated carbocycles. The predicted molar refractivity (Wildman–Crippen MR) is 53.6 cm³/mol. The molecule has 3 heteroatoms. The highest BCUT2D eigenvalue weighted by atomic mass is 32.2. The molecule has 0 saturated heterocycles. The normalized spacial score (nSPS) is 11.6. The molecule has 0 bridgehead atoms. The second-order valence-electron chi connectivity index (χ2n) is 3.60. The molecule has 0 aliphatic heterocycles. The topological polar surface area (TPSA) is 37.3 Å². The Morgan fingerprint density at radius 3 is 2.50 bits per heavy atom. The SMILES string of the molecule is CCCCSCC(C)(C)C(=O)O. The summed E-state index contributed by atoms with van der Waals surface area (Å²) >= 11 is 1.73. The third kappa shape index (κ3) is 4.65. The largest absolute Gasteiger partial charge is 0.481 e. The predicted octanol–water partition coefficient (Wildman–Crippen LogP) is 2.63. The standard InChI is InChI=1S/C9H18O2S/c1-4-5-6-12-7-9(2,3)8(10)11/h4-7H2,1-3H3,(H,10,11). The van der Waals surface area contributed by atoms with Gasteiger partial charge in [-0.3, -0.25) is 4.79 Å². The minimum absolute atomic E-state index is 0.571. The molecule has 0 unspecified atom stereocenters. The number of rotatable bonds is 6. The van der Waals surface area contributed by atoms with E-state index in [2.05, 4.69) is 6.92 Å². The molecule has 0 spiro atoms. The summed E-state index contributed by atoms with van der Waals surface area (Å²) in [5.41, 5.74) is -0.571. The fourth-order valence-electron chi connectivity index (χ4n) is 0.635. The first kappa shape index (κ1) is 11.8. The van der Waals surface area contributed by atoms with Gasteiger partial charge in [-0.2, -0.15) is 11.8 Å². The Balaban J connectivity index is 3.54. The zero-order valence-corrected chi connectivity index (χ0v) is 8.91. The number of carbonyl (C=O) groups is 1. The maximum absolute atomic E-state index is 10.7.